The Hall–Kier alpha value is -4.74. The van der Waals surface area contributed by atoms with Gasteiger partial charge in [0.25, 0.3) is 0 Å². The molecule has 9 nitrogen and oxygen atoms in total. The van der Waals surface area contributed by atoms with Crippen molar-refractivity contribution >= 4 is 48.3 Å². The van der Waals surface area contributed by atoms with Gasteiger partial charge in [-0.3, -0.25) is 4.79 Å². The number of ether oxygens (including phenoxy) is 2. The molecule has 0 bridgehead atoms. The van der Waals surface area contributed by atoms with E-state index in [-0.39, 0.29) is 17.9 Å². The lowest BCUT2D eigenvalue weighted by Crippen LogP contribution is -2.28. The number of methoxy groups -OCH3 is 1. The van der Waals surface area contributed by atoms with Gasteiger partial charge in [0.15, 0.2) is 9.84 Å². The predicted octanol–water partition coefficient (Wildman–Crippen LogP) is 7.01. The van der Waals surface area contributed by atoms with Gasteiger partial charge < -0.3 is 19.1 Å². The molecule has 0 saturated heterocycles. The van der Waals surface area contributed by atoms with E-state index in [1.54, 1.807) is 50.6 Å². The normalized spacial score (nSPS) is 12.1. The number of carboxylic acid groups (broad SMARTS) is 1. The number of carbonyl (C=O) groups is 1. The molecule has 0 amide bonds. The van der Waals surface area contributed by atoms with E-state index >= 15 is 0 Å². The number of sulfone groups is 1. The Balaban J connectivity index is 1.39. The van der Waals surface area contributed by atoms with Gasteiger partial charge in [-0.15, -0.1) is 11.3 Å². The molecule has 6 aromatic rings. The molecule has 0 spiro atoms. The number of hydrogen-bond acceptors (Lipinski definition) is 8. The van der Waals surface area contributed by atoms with Crippen LogP contribution >= 0.6 is 11.3 Å². The van der Waals surface area contributed by atoms with Gasteiger partial charge in [0.2, 0.25) is 5.88 Å². The Kier molecular flexibility index (Phi) is 8.30. The lowest BCUT2D eigenvalue weighted by Gasteiger charge is -2.22. The van der Waals surface area contributed by atoms with Gasteiger partial charge in [-0.25, -0.2) is 18.4 Å². The molecule has 236 valence electrons. The number of benzene rings is 3. The minimum absolute atomic E-state index is 0.0108. The number of pyridine rings is 1. The molecule has 0 unspecified atom stereocenters. The largest absolute Gasteiger partial charge is 0.486 e. The van der Waals surface area contributed by atoms with Crippen LogP contribution in [-0.2, 0) is 34.2 Å². The first-order chi connectivity index (χ1) is 21.9. The van der Waals surface area contributed by atoms with Crippen molar-refractivity contribution in [2.24, 2.45) is 5.41 Å². The molecule has 3 heterocycles. The van der Waals surface area contributed by atoms with Gasteiger partial charge in [-0.2, -0.15) is 0 Å². The van der Waals surface area contributed by atoms with Crippen LogP contribution in [0.3, 0.4) is 0 Å². The van der Waals surface area contributed by atoms with Crippen molar-refractivity contribution in [3.05, 3.63) is 101 Å². The first-order valence-corrected chi connectivity index (χ1v) is 17.3. The molecular formula is C35H33N3O6S2. The predicted molar refractivity (Wildman–Crippen MR) is 179 cm³/mol. The average Bonchev–Trinajstić information content (AvgIpc) is 3.58. The molecule has 0 aliphatic carbocycles. The summed E-state index contributed by atoms with van der Waals surface area (Å²) in [6, 6.07) is 24.9. The zero-order chi connectivity index (χ0) is 32.6. The molecule has 0 aliphatic rings. The molecule has 6 rings (SSSR count). The zero-order valence-electron chi connectivity index (χ0n) is 25.9. The van der Waals surface area contributed by atoms with E-state index in [2.05, 4.69) is 9.97 Å². The van der Waals surface area contributed by atoms with E-state index in [1.807, 2.05) is 71.3 Å². The quantitative estimate of drug-likeness (QED) is 0.158. The first-order valence-electron chi connectivity index (χ1n) is 14.6. The summed E-state index contributed by atoms with van der Waals surface area (Å²) < 4.78 is 41.1. The van der Waals surface area contributed by atoms with Crippen LogP contribution in [0.5, 0.6) is 11.6 Å². The van der Waals surface area contributed by atoms with Crippen molar-refractivity contribution in [3.8, 4) is 22.8 Å². The Morgan fingerprint density at radius 3 is 2.39 bits per heavy atom. The summed E-state index contributed by atoms with van der Waals surface area (Å²) in [5.74, 6) is 0.0139. The van der Waals surface area contributed by atoms with Crippen LogP contribution in [0, 0.1) is 5.41 Å². The molecular weight excluding hydrogens is 623 g/mol. The highest BCUT2D eigenvalue weighted by Crippen LogP contribution is 2.37. The summed E-state index contributed by atoms with van der Waals surface area (Å²) in [4.78, 5) is 21.3. The van der Waals surface area contributed by atoms with Crippen molar-refractivity contribution in [3.63, 3.8) is 0 Å². The highest BCUT2D eigenvalue weighted by molar-refractivity contribution is 7.91. The van der Waals surface area contributed by atoms with Crippen LogP contribution in [0.25, 0.3) is 32.2 Å². The van der Waals surface area contributed by atoms with E-state index in [0.717, 1.165) is 38.2 Å². The van der Waals surface area contributed by atoms with Gasteiger partial charge >= 0.3 is 5.97 Å². The molecule has 11 heteroatoms. The Morgan fingerprint density at radius 2 is 1.74 bits per heavy atom. The number of rotatable bonds is 11. The van der Waals surface area contributed by atoms with E-state index < -0.39 is 21.2 Å². The topological polar surface area (TPSA) is 121 Å². The van der Waals surface area contributed by atoms with Crippen LogP contribution in [0.4, 0.5) is 0 Å². The highest BCUT2D eigenvalue weighted by atomic mass is 32.2. The number of aliphatic carboxylic acids is 1. The fourth-order valence-corrected chi connectivity index (χ4v) is 7.55. The fourth-order valence-electron chi connectivity index (χ4n) is 5.49. The minimum Gasteiger partial charge on any atom is -0.486 e. The van der Waals surface area contributed by atoms with E-state index in [9.17, 15) is 18.3 Å². The fraction of sp³-hybridized carbons (Fsp3) is 0.229. The Bertz CT molecular complexity index is 2130. The monoisotopic (exact) mass is 655 g/mol. The van der Waals surface area contributed by atoms with Gasteiger partial charge in [-0.05, 0) is 61.4 Å². The van der Waals surface area contributed by atoms with Crippen LogP contribution < -0.4 is 9.47 Å². The van der Waals surface area contributed by atoms with Crippen molar-refractivity contribution in [1.82, 2.24) is 14.5 Å². The number of thiazole rings is 1. The Labute approximate surface area is 271 Å². The van der Waals surface area contributed by atoms with Crippen molar-refractivity contribution < 1.29 is 27.8 Å². The molecule has 0 fully saturated rings. The lowest BCUT2D eigenvalue weighted by molar-refractivity contribution is -0.146. The summed E-state index contributed by atoms with van der Waals surface area (Å²) in [5.41, 5.74) is 3.62. The summed E-state index contributed by atoms with van der Waals surface area (Å²) in [7, 11) is -2.21. The lowest BCUT2D eigenvalue weighted by atomic mass is 9.88. The number of aromatic nitrogens is 3. The number of nitrogens with zero attached hydrogens (tertiary/aromatic N) is 3. The third-order valence-corrected chi connectivity index (χ3v) is 10.1. The molecule has 3 aromatic carbocycles. The van der Waals surface area contributed by atoms with Gasteiger partial charge in [0.05, 0.1) is 33.2 Å². The second kappa shape index (κ2) is 12.2. The van der Waals surface area contributed by atoms with Crippen LogP contribution in [-0.4, -0.2) is 47.4 Å². The molecule has 1 N–H and O–H groups in total. The van der Waals surface area contributed by atoms with Gasteiger partial charge in [0, 0.05) is 48.1 Å². The van der Waals surface area contributed by atoms with E-state index in [0.29, 0.717) is 34.8 Å². The number of hydrogen-bond donors (Lipinski definition) is 1. The van der Waals surface area contributed by atoms with Crippen LogP contribution in [0.2, 0.25) is 0 Å². The van der Waals surface area contributed by atoms with Crippen molar-refractivity contribution in [2.75, 3.05) is 13.4 Å². The second-order valence-corrected chi connectivity index (χ2v) is 14.9. The van der Waals surface area contributed by atoms with Crippen molar-refractivity contribution in [2.45, 2.75) is 38.3 Å². The third kappa shape index (κ3) is 6.33. The second-order valence-electron chi connectivity index (χ2n) is 11.8. The Morgan fingerprint density at radius 1 is 1.00 bits per heavy atom. The SMILES string of the molecule is COc1ccc(-c2ccc(Cn3c(CC(C)(C)C(=O)O)c(S(C)(=O)=O)c4cc(OCc5nc6ccccc6s5)ccc43)cc2)cn1. The van der Waals surface area contributed by atoms with Gasteiger partial charge in [-0.1, -0.05) is 36.4 Å². The first kappa shape index (κ1) is 31.3. The maximum atomic E-state index is 13.4. The maximum Gasteiger partial charge on any atom is 0.309 e. The van der Waals surface area contributed by atoms with Crippen LogP contribution in [0.1, 0.15) is 30.1 Å². The third-order valence-electron chi connectivity index (χ3n) is 7.92. The molecule has 0 aliphatic heterocycles. The smallest absolute Gasteiger partial charge is 0.309 e. The summed E-state index contributed by atoms with van der Waals surface area (Å²) >= 11 is 1.54. The standard InChI is InChI=1S/C35H33N3O6S2/c1-35(2,34(39)40)18-29-33(46(4,41)42)26-17-25(44-21-32-37-27-7-5-6-8-30(27)45-32)14-15-28(26)38(29)20-22-9-11-23(12-10-22)24-13-16-31(43-3)36-19-24/h5-17,19H,18,20-21H2,1-4H3,(H,39,40). The summed E-state index contributed by atoms with van der Waals surface area (Å²) in [5, 5.41) is 11.3. The summed E-state index contributed by atoms with van der Waals surface area (Å²) in [6.07, 6.45) is 2.92. The molecule has 0 atom stereocenters. The van der Waals surface area contributed by atoms with Crippen LogP contribution in [0.15, 0.2) is 90.0 Å². The van der Waals surface area contributed by atoms with E-state index in [1.165, 1.54) is 0 Å². The van der Waals surface area contributed by atoms with Gasteiger partial charge in [0.1, 0.15) is 17.4 Å². The zero-order valence-corrected chi connectivity index (χ0v) is 27.5. The molecule has 0 radical (unpaired) electrons. The highest BCUT2D eigenvalue weighted by Gasteiger charge is 2.34. The maximum absolute atomic E-state index is 13.4. The molecule has 46 heavy (non-hydrogen) atoms. The summed E-state index contributed by atoms with van der Waals surface area (Å²) in [6.45, 7) is 3.78. The molecule has 3 aromatic heterocycles. The number of para-hydroxylation sites is 1. The minimum atomic E-state index is -3.78. The van der Waals surface area contributed by atoms with E-state index in [4.69, 9.17) is 9.47 Å². The number of fused-ring (bicyclic) bond motifs is 2. The van der Waals surface area contributed by atoms with Crippen molar-refractivity contribution in [1.29, 1.82) is 0 Å². The number of carboxylic acids is 1. The average molecular weight is 656 g/mol. The molecule has 0 saturated carbocycles.